The Labute approximate surface area is 215 Å². The number of alkyl halides is 15. The normalized spacial score (nSPS) is 16.7. The van der Waals surface area contributed by atoms with Crippen molar-refractivity contribution in [2.75, 3.05) is 46.2 Å². The summed E-state index contributed by atoms with van der Waals surface area (Å²) in [4.78, 5) is 0. The van der Waals surface area contributed by atoms with Crippen molar-refractivity contribution in [1.82, 2.24) is 0 Å². The highest BCUT2D eigenvalue weighted by molar-refractivity contribution is 5.61. The lowest BCUT2D eigenvalue weighted by molar-refractivity contribution is -0.190. The highest BCUT2D eigenvalue weighted by atomic mass is 19.4. The second-order valence-electron chi connectivity index (χ2n) is 8.55. The molecule has 19 heteroatoms. The van der Waals surface area contributed by atoms with Gasteiger partial charge in [0.1, 0.15) is 23.5 Å². The topological polar surface area (TPSA) is 36.9 Å². The van der Waals surface area contributed by atoms with Gasteiger partial charge < -0.3 is 18.9 Å². The van der Waals surface area contributed by atoms with Crippen LogP contribution in [0.15, 0.2) is 0 Å². The Bertz CT molecular complexity index is 957. The maximum absolute atomic E-state index is 13.6. The fourth-order valence-corrected chi connectivity index (χ4v) is 3.75. The third-order valence-corrected chi connectivity index (χ3v) is 5.69. The van der Waals surface area contributed by atoms with Crippen LogP contribution in [-0.4, -0.2) is 46.2 Å². The molecule has 0 bridgehead atoms. The quantitative estimate of drug-likeness (QED) is 0.199. The van der Waals surface area contributed by atoms with Gasteiger partial charge in [0, 0.05) is 5.41 Å². The standard InChI is InChI=1S/C21H19F15O4/c1-2-16(8-39-9-16)7-38-4-3-37-5-6-40-15-13(20(31,32)33)11(18(25,26)27)10(17(22,23)24)12(19(28,29)30)14(15)21(34,35)36/h2-9H2,1H3. The van der Waals surface area contributed by atoms with Crippen LogP contribution in [-0.2, 0) is 45.1 Å². The lowest BCUT2D eigenvalue weighted by Gasteiger charge is -2.40. The van der Waals surface area contributed by atoms with Gasteiger partial charge in [0.25, 0.3) is 0 Å². The van der Waals surface area contributed by atoms with Crippen LogP contribution in [0.2, 0.25) is 0 Å². The summed E-state index contributed by atoms with van der Waals surface area (Å²) in [5.41, 5.74) is -20.0. The van der Waals surface area contributed by atoms with Crippen molar-refractivity contribution in [3.05, 3.63) is 27.8 Å². The molecule has 0 aliphatic carbocycles. The van der Waals surface area contributed by atoms with Crippen LogP contribution in [0.1, 0.15) is 41.2 Å². The van der Waals surface area contributed by atoms with Crippen molar-refractivity contribution in [3.63, 3.8) is 0 Å². The molecule has 1 heterocycles. The molecule has 0 aromatic heterocycles. The van der Waals surface area contributed by atoms with E-state index in [-0.39, 0.29) is 25.2 Å². The minimum absolute atomic E-state index is 0.180. The van der Waals surface area contributed by atoms with E-state index in [9.17, 15) is 65.9 Å². The van der Waals surface area contributed by atoms with E-state index in [0.717, 1.165) is 0 Å². The summed E-state index contributed by atoms with van der Waals surface area (Å²) in [6.45, 7) is -0.207. The summed E-state index contributed by atoms with van der Waals surface area (Å²) >= 11 is 0. The van der Waals surface area contributed by atoms with Gasteiger partial charge in [0.05, 0.1) is 56.3 Å². The van der Waals surface area contributed by atoms with Crippen LogP contribution >= 0.6 is 0 Å². The van der Waals surface area contributed by atoms with E-state index in [4.69, 9.17) is 14.2 Å². The second-order valence-corrected chi connectivity index (χ2v) is 8.55. The molecule has 2 rings (SSSR count). The van der Waals surface area contributed by atoms with Crippen molar-refractivity contribution >= 4 is 0 Å². The molecule has 0 spiro atoms. The summed E-state index contributed by atoms with van der Waals surface area (Å²) in [6, 6.07) is 0. The molecular weight excluding hydrogens is 601 g/mol. The Morgan fingerprint density at radius 2 is 0.900 bits per heavy atom. The number of hydrogen-bond donors (Lipinski definition) is 0. The van der Waals surface area contributed by atoms with Crippen LogP contribution in [0, 0.1) is 5.41 Å². The molecule has 1 saturated heterocycles. The molecule has 4 nitrogen and oxygen atoms in total. The van der Waals surface area contributed by atoms with Gasteiger partial charge in [-0.25, -0.2) is 0 Å². The van der Waals surface area contributed by atoms with Gasteiger partial charge in [-0.15, -0.1) is 0 Å². The van der Waals surface area contributed by atoms with E-state index in [0.29, 0.717) is 19.6 Å². The lowest BCUT2D eigenvalue weighted by Crippen LogP contribution is -2.45. The maximum Gasteiger partial charge on any atom is 0.420 e. The predicted molar refractivity (Wildman–Crippen MR) is 102 cm³/mol. The molecule has 1 aliphatic heterocycles. The molecule has 1 aliphatic rings. The number of halogens is 15. The molecule has 232 valence electrons. The third-order valence-electron chi connectivity index (χ3n) is 5.69. The molecular formula is C21H19F15O4. The first-order chi connectivity index (χ1) is 18.0. The van der Waals surface area contributed by atoms with Crippen molar-refractivity contribution in [1.29, 1.82) is 0 Å². The van der Waals surface area contributed by atoms with Gasteiger partial charge in [-0.1, -0.05) is 6.92 Å². The van der Waals surface area contributed by atoms with Crippen LogP contribution in [0.5, 0.6) is 5.75 Å². The molecule has 0 saturated carbocycles. The van der Waals surface area contributed by atoms with E-state index < -0.39 is 77.7 Å². The first-order valence-corrected chi connectivity index (χ1v) is 10.9. The predicted octanol–water partition coefficient (Wildman–Crippen LogP) is 7.62. The highest BCUT2D eigenvalue weighted by Crippen LogP contribution is 2.58. The average Bonchev–Trinajstić information content (AvgIpc) is 2.72. The van der Waals surface area contributed by atoms with Crippen molar-refractivity contribution in [3.8, 4) is 5.75 Å². The molecule has 40 heavy (non-hydrogen) atoms. The SMILES string of the molecule is CCC1(COCCOCCOc2c(C(F)(F)F)c(C(F)(F)F)c(C(F)(F)F)c(C(F)(F)F)c2C(F)(F)F)COC1. The molecule has 0 amide bonds. The minimum Gasteiger partial charge on any atom is -0.490 e. The van der Waals surface area contributed by atoms with E-state index in [1.165, 1.54) is 0 Å². The van der Waals surface area contributed by atoms with Gasteiger partial charge in [0.15, 0.2) is 0 Å². The van der Waals surface area contributed by atoms with Crippen LogP contribution in [0.4, 0.5) is 65.9 Å². The first-order valence-electron chi connectivity index (χ1n) is 10.9. The zero-order valence-electron chi connectivity index (χ0n) is 20.0. The summed E-state index contributed by atoms with van der Waals surface area (Å²) in [6.07, 6.45) is -33.4. The molecule has 0 radical (unpaired) electrons. The van der Waals surface area contributed by atoms with Crippen molar-refractivity contribution in [2.45, 2.75) is 44.2 Å². The molecule has 0 unspecified atom stereocenters. The molecule has 1 aromatic carbocycles. The maximum atomic E-state index is 13.6. The third kappa shape index (κ3) is 7.77. The van der Waals surface area contributed by atoms with Gasteiger partial charge in [-0.3, -0.25) is 0 Å². The Kier molecular flexibility index (Phi) is 9.89. The Morgan fingerprint density at radius 3 is 1.23 bits per heavy atom. The summed E-state index contributed by atoms with van der Waals surface area (Å²) in [7, 11) is 0. The lowest BCUT2D eigenvalue weighted by atomic mass is 9.84. The smallest absolute Gasteiger partial charge is 0.420 e. The second kappa shape index (κ2) is 11.6. The largest absolute Gasteiger partial charge is 0.490 e. The molecule has 0 atom stereocenters. The van der Waals surface area contributed by atoms with Gasteiger partial charge in [-0.2, -0.15) is 65.9 Å². The fourth-order valence-electron chi connectivity index (χ4n) is 3.75. The Hall–Kier alpha value is -2.15. The van der Waals surface area contributed by atoms with Gasteiger partial charge in [-0.05, 0) is 6.42 Å². The average molecular weight is 620 g/mol. The highest BCUT2D eigenvalue weighted by Gasteiger charge is 2.61. The minimum atomic E-state index is -6.96. The van der Waals surface area contributed by atoms with Crippen LogP contribution in [0.25, 0.3) is 0 Å². The van der Waals surface area contributed by atoms with Crippen LogP contribution in [0.3, 0.4) is 0 Å². The van der Waals surface area contributed by atoms with Gasteiger partial charge >= 0.3 is 30.9 Å². The molecule has 1 fully saturated rings. The van der Waals surface area contributed by atoms with Crippen molar-refractivity contribution < 1.29 is 84.8 Å². The zero-order chi connectivity index (χ0) is 30.9. The Balaban J connectivity index is 2.51. The first kappa shape index (κ1) is 34.1. The van der Waals surface area contributed by atoms with Crippen molar-refractivity contribution in [2.24, 2.45) is 5.41 Å². The summed E-state index contributed by atoms with van der Waals surface area (Å²) < 4.78 is 222. The molecule has 1 aromatic rings. The number of hydrogen-bond acceptors (Lipinski definition) is 4. The number of rotatable bonds is 10. The fraction of sp³-hybridized carbons (Fsp3) is 0.714. The van der Waals surface area contributed by atoms with E-state index in [1.807, 2.05) is 6.92 Å². The summed E-state index contributed by atoms with van der Waals surface area (Å²) in [5, 5.41) is 0. The summed E-state index contributed by atoms with van der Waals surface area (Å²) in [5.74, 6) is -3.12. The zero-order valence-corrected chi connectivity index (χ0v) is 20.0. The van der Waals surface area contributed by atoms with E-state index in [2.05, 4.69) is 4.74 Å². The monoisotopic (exact) mass is 620 g/mol. The van der Waals surface area contributed by atoms with E-state index in [1.54, 1.807) is 0 Å². The van der Waals surface area contributed by atoms with E-state index >= 15 is 0 Å². The van der Waals surface area contributed by atoms with Crippen LogP contribution < -0.4 is 4.74 Å². The number of benzene rings is 1. The molecule has 0 N–H and O–H groups in total. The van der Waals surface area contributed by atoms with Gasteiger partial charge in [0.2, 0.25) is 0 Å². The number of ether oxygens (including phenoxy) is 4. The Morgan fingerprint density at radius 1 is 0.550 bits per heavy atom.